The van der Waals surface area contributed by atoms with Gasteiger partial charge in [0.2, 0.25) is 5.79 Å². The lowest BCUT2D eigenvalue weighted by Gasteiger charge is -2.29. The first-order valence-electron chi connectivity index (χ1n) is 7.12. The van der Waals surface area contributed by atoms with E-state index in [4.69, 9.17) is 14.4 Å². The van der Waals surface area contributed by atoms with E-state index in [-0.39, 0.29) is 24.9 Å². The third-order valence-corrected chi connectivity index (χ3v) is 1.94. The van der Waals surface area contributed by atoms with Crippen molar-refractivity contribution < 1.29 is 38.6 Å². The van der Waals surface area contributed by atoms with E-state index in [0.717, 1.165) is 0 Å². The molecule has 0 N–H and O–H groups in total. The number of hydrogen-bond donors (Lipinski definition) is 0. The molecule has 0 aliphatic carbocycles. The van der Waals surface area contributed by atoms with Crippen LogP contribution in [0.5, 0.6) is 0 Å². The summed E-state index contributed by atoms with van der Waals surface area (Å²) in [6.45, 7) is 12.0. The molecule has 22 heavy (non-hydrogen) atoms. The number of ether oxygens (including phenoxy) is 2. The SMILES string of the molecule is CC(C)OCC(C)(OOC(=O)C(=O)OOC(C)C)OC(C)C. The summed E-state index contributed by atoms with van der Waals surface area (Å²) in [6.07, 6.45) is -0.666. The fourth-order valence-corrected chi connectivity index (χ4v) is 1.23. The van der Waals surface area contributed by atoms with E-state index >= 15 is 0 Å². The molecule has 0 aromatic heterocycles. The summed E-state index contributed by atoms with van der Waals surface area (Å²) in [5, 5.41) is 0. The number of hydrogen-bond acceptors (Lipinski definition) is 8. The second kappa shape index (κ2) is 9.73. The van der Waals surface area contributed by atoms with E-state index in [1.165, 1.54) is 6.92 Å². The summed E-state index contributed by atoms with van der Waals surface area (Å²) in [5.74, 6) is -4.04. The smallest absolute Gasteiger partial charge is 0.373 e. The lowest BCUT2D eigenvalue weighted by atomic mass is 10.3. The summed E-state index contributed by atoms with van der Waals surface area (Å²) in [6, 6.07) is 0. The van der Waals surface area contributed by atoms with Crippen LogP contribution in [0.1, 0.15) is 48.5 Å². The molecule has 0 fully saturated rings. The molecule has 0 saturated heterocycles. The molecule has 0 aliphatic heterocycles. The minimum absolute atomic E-state index is 0.00761. The molecular formula is C14H26O8. The van der Waals surface area contributed by atoms with Gasteiger partial charge in [-0.05, 0) is 48.5 Å². The van der Waals surface area contributed by atoms with Crippen molar-refractivity contribution in [3.8, 4) is 0 Å². The molecule has 0 heterocycles. The van der Waals surface area contributed by atoms with Gasteiger partial charge >= 0.3 is 11.9 Å². The van der Waals surface area contributed by atoms with Crippen molar-refractivity contribution >= 4 is 11.9 Å². The molecule has 0 radical (unpaired) electrons. The first-order chi connectivity index (χ1) is 10.1. The highest BCUT2D eigenvalue weighted by molar-refractivity contribution is 6.29. The predicted octanol–water partition coefficient (Wildman–Crippen LogP) is 1.91. The molecule has 8 nitrogen and oxygen atoms in total. The van der Waals surface area contributed by atoms with Crippen LogP contribution in [0.3, 0.4) is 0 Å². The Hall–Kier alpha value is -1.22. The minimum atomic E-state index is -1.36. The lowest BCUT2D eigenvalue weighted by molar-refractivity contribution is -0.414. The van der Waals surface area contributed by atoms with Crippen LogP contribution in [0.15, 0.2) is 0 Å². The van der Waals surface area contributed by atoms with E-state index in [0.29, 0.717) is 0 Å². The fraction of sp³-hybridized carbons (Fsp3) is 0.857. The first kappa shape index (κ1) is 20.8. The van der Waals surface area contributed by atoms with Gasteiger partial charge in [0.15, 0.2) is 0 Å². The Labute approximate surface area is 130 Å². The molecule has 0 aromatic rings. The van der Waals surface area contributed by atoms with Crippen molar-refractivity contribution in [3.05, 3.63) is 0 Å². The molecule has 1 atom stereocenters. The summed E-state index contributed by atoms with van der Waals surface area (Å²) < 4.78 is 10.9. The van der Waals surface area contributed by atoms with Crippen molar-refractivity contribution in [1.82, 2.24) is 0 Å². The molecule has 0 rings (SSSR count). The van der Waals surface area contributed by atoms with Crippen LogP contribution in [0, 0.1) is 0 Å². The maximum Gasteiger partial charge on any atom is 0.453 e. The van der Waals surface area contributed by atoms with E-state index in [9.17, 15) is 9.59 Å². The number of carbonyl (C=O) groups is 2. The van der Waals surface area contributed by atoms with E-state index in [2.05, 4.69) is 14.7 Å². The summed E-state index contributed by atoms with van der Waals surface area (Å²) in [7, 11) is 0. The van der Waals surface area contributed by atoms with Gasteiger partial charge in [-0.1, -0.05) is 0 Å². The molecule has 0 aliphatic rings. The fourth-order valence-electron chi connectivity index (χ4n) is 1.23. The van der Waals surface area contributed by atoms with Crippen LogP contribution in [0.25, 0.3) is 0 Å². The zero-order chi connectivity index (χ0) is 17.3. The summed E-state index contributed by atoms with van der Waals surface area (Å²) in [4.78, 5) is 40.9. The van der Waals surface area contributed by atoms with Gasteiger partial charge in [-0.15, -0.1) is 4.89 Å². The number of rotatable bonds is 9. The average molecular weight is 322 g/mol. The normalized spacial score (nSPS) is 14.3. The highest BCUT2D eigenvalue weighted by Gasteiger charge is 2.33. The van der Waals surface area contributed by atoms with Gasteiger partial charge in [0.1, 0.15) is 6.61 Å². The summed E-state index contributed by atoms with van der Waals surface area (Å²) >= 11 is 0. The molecule has 0 aromatic carbocycles. The summed E-state index contributed by atoms with van der Waals surface area (Å²) in [5.41, 5.74) is 0. The van der Waals surface area contributed by atoms with E-state index < -0.39 is 17.7 Å². The second-order valence-electron chi connectivity index (χ2n) is 5.63. The predicted molar refractivity (Wildman–Crippen MR) is 75.2 cm³/mol. The highest BCUT2D eigenvalue weighted by Crippen LogP contribution is 2.17. The maximum atomic E-state index is 11.4. The molecule has 0 bridgehead atoms. The van der Waals surface area contributed by atoms with Crippen molar-refractivity contribution in [3.63, 3.8) is 0 Å². The van der Waals surface area contributed by atoms with Crippen LogP contribution >= 0.6 is 0 Å². The zero-order valence-corrected chi connectivity index (χ0v) is 14.2. The van der Waals surface area contributed by atoms with Crippen molar-refractivity contribution in [2.45, 2.75) is 72.6 Å². The largest absolute Gasteiger partial charge is 0.453 e. The number of carbonyl (C=O) groups excluding carboxylic acids is 2. The Morgan fingerprint density at radius 1 is 0.864 bits per heavy atom. The van der Waals surface area contributed by atoms with Crippen LogP contribution in [0.4, 0.5) is 0 Å². The quantitative estimate of drug-likeness (QED) is 0.275. The van der Waals surface area contributed by atoms with Crippen molar-refractivity contribution in [2.75, 3.05) is 6.61 Å². The highest BCUT2D eigenvalue weighted by atomic mass is 17.3. The van der Waals surface area contributed by atoms with Gasteiger partial charge in [-0.3, -0.25) is 9.78 Å². The van der Waals surface area contributed by atoms with Gasteiger partial charge < -0.3 is 9.47 Å². The zero-order valence-electron chi connectivity index (χ0n) is 14.2. The van der Waals surface area contributed by atoms with Crippen molar-refractivity contribution in [1.29, 1.82) is 0 Å². The van der Waals surface area contributed by atoms with Gasteiger partial charge in [0.25, 0.3) is 0 Å². The van der Waals surface area contributed by atoms with Gasteiger partial charge in [-0.25, -0.2) is 9.59 Å². The van der Waals surface area contributed by atoms with Gasteiger partial charge in [-0.2, -0.15) is 4.89 Å². The Morgan fingerprint density at radius 3 is 1.86 bits per heavy atom. The third kappa shape index (κ3) is 9.67. The van der Waals surface area contributed by atoms with E-state index in [1.54, 1.807) is 27.7 Å². The first-order valence-corrected chi connectivity index (χ1v) is 7.12. The molecule has 0 spiro atoms. The Morgan fingerprint density at radius 2 is 1.41 bits per heavy atom. The van der Waals surface area contributed by atoms with Crippen molar-refractivity contribution in [2.24, 2.45) is 0 Å². The van der Waals surface area contributed by atoms with Crippen LogP contribution < -0.4 is 0 Å². The van der Waals surface area contributed by atoms with Gasteiger partial charge in [0.05, 0.1) is 18.3 Å². The molecule has 0 amide bonds. The maximum absolute atomic E-state index is 11.4. The Balaban J connectivity index is 4.47. The Kier molecular flexibility index (Phi) is 9.19. The van der Waals surface area contributed by atoms with Crippen LogP contribution in [-0.2, 0) is 38.6 Å². The second-order valence-corrected chi connectivity index (χ2v) is 5.63. The monoisotopic (exact) mass is 322 g/mol. The lowest BCUT2D eigenvalue weighted by Crippen LogP contribution is -2.42. The molecular weight excluding hydrogens is 296 g/mol. The average Bonchev–Trinajstić information content (AvgIpc) is 2.39. The van der Waals surface area contributed by atoms with Crippen LogP contribution in [0.2, 0.25) is 0 Å². The molecule has 130 valence electrons. The topological polar surface area (TPSA) is 89.5 Å². The third-order valence-electron chi connectivity index (χ3n) is 1.94. The Bertz CT molecular complexity index is 353. The standard InChI is InChI=1S/C14H26O8/c1-9(2)17-8-14(7,18-10(3)4)22-21-13(16)12(15)20-19-11(5)6/h9-11H,8H2,1-7H3. The van der Waals surface area contributed by atoms with Gasteiger partial charge in [0, 0.05) is 0 Å². The van der Waals surface area contributed by atoms with E-state index in [1.807, 2.05) is 13.8 Å². The molecule has 0 saturated carbocycles. The minimum Gasteiger partial charge on any atom is -0.373 e. The van der Waals surface area contributed by atoms with Crippen LogP contribution in [-0.4, -0.2) is 42.6 Å². The molecule has 1 unspecified atom stereocenters. The molecule has 8 heteroatoms.